The van der Waals surface area contributed by atoms with Gasteiger partial charge in [-0.2, -0.15) is 0 Å². The van der Waals surface area contributed by atoms with Crippen molar-refractivity contribution >= 4 is 23.3 Å². The first kappa shape index (κ1) is 14.3. The molecule has 1 aromatic carbocycles. The number of hydrogen-bond acceptors (Lipinski definition) is 4. The largest absolute Gasteiger partial charge is 0.423 e. The Balaban J connectivity index is 1.84. The number of urea groups is 1. The smallest absolute Gasteiger partial charge is 0.319 e. The van der Waals surface area contributed by atoms with Crippen LogP contribution in [0.5, 0.6) is 0 Å². The summed E-state index contributed by atoms with van der Waals surface area (Å²) in [5, 5.41) is 13.7. The van der Waals surface area contributed by atoms with Crippen molar-refractivity contribution in [3.8, 4) is 0 Å². The summed E-state index contributed by atoms with van der Waals surface area (Å²) in [5.74, 6) is 1.10. The molecule has 1 aromatic heterocycles. The molecule has 0 spiro atoms. The van der Waals surface area contributed by atoms with Crippen LogP contribution in [0.1, 0.15) is 31.5 Å². The van der Waals surface area contributed by atoms with Crippen LogP contribution in [0.15, 0.2) is 28.7 Å². The SMILES string of the molecule is CC(C)c1nnc(CNC(=O)Nc2ccc(Cl)cc2)o1. The number of nitrogens with zero attached hydrogens (tertiary/aromatic N) is 2. The molecular weight excluding hydrogens is 280 g/mol. The first-order valence-electron chi connectivity index (χ1n) is 6.17. The number of amides is 2. The number of hydrogen-bond donors (Lipinski definition) is 2. The molecule has 2 amide bonds. The molecule has 0 unspecified atom stereocenters. The number of aromatic nitrogens is 2. The number of anilines is 1. The number of benzene rings is 1. The summed E-state index contributed by atoms with van der Waals surface area (Å²) < 4.78 is 5.38. The minimum Gasteiger partial charge on any atom is -0.423 e. The van der Waals surface area contributed by atoms with E-state index in [1.807, 2.05) is 13.8 Å². The molecule has 6 nitrogen and oxygen atoms in total. The van der Waals surface area contributed by atoms with Crippen LogP contribution in [-0.2, 0) is 6.54 Å². The average molecular weight is 295 g/mol. The van der Waals surface area contributed by atoms with E-state index in [0.717, 1.165) is 0 Å². The predicted octanol–water partition coefficient (Wildman–Crippen LogP) is 3.17. The molecule has 7 heteroatoms. The Morgan fingerprint density at radius 1 is 1.30 bits per heavy atom. The first-order valence-corrected chi connectivity index (χ1v) is 6.55. The molecule has 0 radical (unpaired) electrons. The van der Waals surface area contributed by atoms with Crippen molar-refractivity contribution in [2.24, 2.45) is 0 Å². The third kappa shape index (κ3) is 3.96. The van der Waals surface area contributed by atoms with Crippen LogP contribution in [0.2, 0.25) is 5.02 Å². The van der Waals surface area contributed by atoms with Gasteiger partial charge in [0.15, 0.2) is 0 Å². The van der Waals surface area contributed by atoms with E-state index in [9.17, 15) is 4.79 Å². The summed E-state index contributed by atoms with van der Waals surface area (Å²) >= 11 is 5.76. The maximum absolute atomic E-state index is 11.7. The molecule has 0 fully saturated rings. The average Bonchev–Trinajstić information content (AvgIpc) is 2.88. The third-order valence-electron chi connectivity index (χ3n) is 2.48. The Morgan fingerprint density at radius 3 is 2.60 bits per heavy atom. The van der Waals surface area contributed by atoms with E-state index < -0.39 is 0 Å². The highest BCUT2D eigenvalue weighted by molar-refractivity contribution is 6.30. The van der Waals surface area contributed by atoms with Crippen molar-refractivity contribution in [1.82, 2.24) is 15.5 Å². The minimum absolute atomic E-state index is 0.166. The van der Waals surface area contributed by atoms with Gasteiger partial charge in [0.2, 0.25) is 11.8 Å². The first-order chi connectivity index (χ1) is 9.54. The molecule has 2 N–H and O–H groups in total. The summed E-state index contributed by atoms with van der Waals surface area (Å²) in [6.07, 6.45) is 0. The molecule has 0 bridgehead atoms. The molecule has 20 heavy (non-hydrogen) atoms. The van der Waals surface area contributed by atoms with E-state index in [-0.39, 0.29) is 18.5 Å². The Labute approximate surface area is 121 Å². The van der Waals surface area contributed by atoms with Gasteiger partial charge in [0, 0.05) is 16.6 Å². The molecule has 0 saturated carbocycles. The molecule has 0 aliphatic heterocycles. The van der Waals surface area contributed by atoms with Crippen LogP contribution < -0.4 is 10.6 Å². The molecule has 0 atom stereocenters. The Kier molecular flexibility index (Phi) is 4.57. The van der Waals surface area contributed by atoms with Gasteiger partial charge in [-0.1, -0.05) is 25.4 Å². The zero-order valence-corrected chi connectivity index (χ0v) is 11.9. The van der Waals surface area contributed by atoms with Crippen molar-refractivity contribution in [3.05, 3.63) is 41.1 Å². The van der Waals surface area contributed by atoms with Gasteiger partial charge in [-0.3, -0.25) is 0 Å². The van der Waals surface area contributed by atoms with Gasteiger partial charge >= 0.3 is 6.03 Å². The number of halogens is 1. The fraction of sp³-hybridized carbons (Fsp3) is 0.308. The van der Waals surface area contributed by atoms with Crippen LogP contribution in [0.3, 0.4) is 0 Å². The van der Waals surface area contributed by atoms with Crippen LogP contribution in [-0.4, -0.2) is 16.2 Å². The highest BCUT2D eigenvalue weighted by atomic mass is 35.5. The van der Waals surface area contributed by atoms with Gasteiger partial charge < -0.3 is 15.1 Å². The number of carbonyl (C=O) groups excluding carboxylic acids is 1. The summed E-state index contributed by atoms with van der Waals surface area (Å²) in [6, 6.07) is 6.47. The number of nitrogens with one attached hydrogen (secondary N) is 2. The van der Waals surface area contributed by atoms with Gasteiger partial charge in [0.05, 0.1) is 6.54 Å². The monoisotopic (exact) mass is 294 g/mol. The van der Waals surface area contributed by atoms with Gasteiger partial charge in [-0.05, 0) is 24.3 Å². The summed E-state index contributed by atoms with van der Waals surface area (Å²) in [7, 11) is 0. The zero-order valence-electron chi connectivity index (χ0n) is 11.2. The third-order valence-corrected chi connectivity index (χ3v) is 2.73. The second-order valence-electron chi connectivity index (χ2n) is 4.50. The second-order valence-corrected chi connectivity index (χ2v) is 4.94. The van der Waals surface area contributed by atoms with Gasteiger partial charge in [-0.15, -0.1) is 10.2 Å². The topological polar surface area (TPSA) is 80.0 Å². The number of carbonyl (C=O) groups is 1. The Morgan fingerprint density at radius 2 is 2.00 bits per heavy atom. The maximum Gasteiger partial charge on any atom is 0.319 e. The summed E-state index contributed by atoms with van der Waals surface area (Å²) in [6.45, 7) is 4.09. The van der Waals surface area contributed by atoms with Crippen LogP contribution in [0.25, 0.3) is 0 Å². The molecule has 0 aliphatic rings. The van der Waals surface area contributed by atoms with Gasteiger partial charge in [0.25, 0.3) is 0 Å². The van der Waals surface area contributed by atoms with E-state index in [1.165, 1.54) is 0 Å². The normalized spacial score (nSPS) is 10.6. The van der Waals surface area contributed by atoms with Gasteiger partial charge in [0.1, 0.15) is 0 Å². The lowest BCUT2D eigenvalue weighted by molar-refractivity contribution is 0.250. The van der Waals surface area contributed by atoms with Gasteiger partial charge in [-0.25, -0.2) is 4.79 Å². The molecule has 1 heterocycles. The molecule has 0 aliphatic carbocycles. The molecular formula is C13H15ClN4O2. The Bertz CT molecular complexity index is 580. The highest BCUT2D eigenvalue weighted by Crippen LogP contribution is 2.13. The second kappa shape index (κ2) is 6.38. The van der Waals surface area contributed by atoms with Crippen molar-refractivity contribution in [3.63, 3.8) is 0 Å². The van der Waals surface area contributed by atoms with E-state index >= 15 is 0 Å². The minimum atomic E-state index is -0.350. The summed E-state index contributed by atoms with van der Waals surface area (Å²) in [5.41, 5.74) is 0.653. The standard InChI is InChI=1S/C13H15ClN4O2/c1-8(2)12-18-17-11(20-12)7-15-13(19)16-10-5-3-9(14)4-6-10/h3-6,8H,7H2,1-2H3,(H2,15,16,19). The Hall–Kier alpha value is -2.08. The van der Waals surface area contributed by atoms with Crippen LogP contribution in [0.4, 0.5) is 10.5 Å². The summed E-state index contributed by atoms with van der Waals surface area (Å²) in [4.78, 5) is 11.7. The van der Waals surface area contributed by atoms with E-state index in [2.05, 4.69) is 20.8 Å². The van der Waals surface area contributed by atoms with E-state index in [1.54, 1.807) is 24.3 Å². The highest BCUT2D eigenvalue weighted by Gasteiger charge is 2.10. The molecule has 2 rings (SSSR count). The van der Waals surface area contributed by atoms with Crippen LogP contribution in [0, 0.1) is 0 Å². The van der Waals surface area contributed by atoms with Crippen molar-refractivity contribution < 1.29 is 9.21 Å². The predicted molar refractivity (Wildman–Crippen MR) is 75.7 cm³/mol. The van der Waals surface area contributed by atoms with Crippen molar-refractivity contribution in [2.45, 2.75) is 26.3 Å². The lowest BCUT2D eigenvalue weighted by Crippen LogP contribution is -2.28. The zero-order chi connectivity index (χ0) is 14.5. The quantitative estimate of drug-likeness (QED) is 0.907. The van der Waals surface area contributed by atoms with Crippen molar-refractivity contribution in [2.75, 3.05) is 5.32 Å². The van der Waals surface area contributed by atoms with Crippen LogP contribution >= 0.6 is 11.6 Å². The maximum atomic E-state index is 11.7. The van der Waals surface area contributed by atoms with E-state index in [0.29, 0.717) is 22.5 Å². The molecule has 2 aromatic rings. The number of rotatable bonds is 4. The molecule has 106 valence electrons. The van der Waals surface area contributed by atoms with Crippen molar-refractivity contribution in [1.29, 1.82) is 0 Å². The fourth-order valence-electron chi connectivity index (χ4n) is 1.44. The lowest BCUT2D eigenvalue weighted by atomic mass is 10.2. The lowest BCUT2D eigenvalue weighted by Gasteiger charge is -2.05. The molecule has 0 saturated heterocycles. The van der Waals surface area contributed by atoms with E-state index in [4.69, 9.17) is 16.0 Å². The fourth-order valence-corrected chi connectivity index (χ4v) is 1.56.